The second-order valence-electron chi connectivity index (χ2n) is 7.12. The van der Waals surface area contributed by atoms with Gasteiger partial charge in [0.1, 0.15) is 0 Å². The Kier molecular flexibility index (Phi) is 8.36. The van der Waals surface area contributed by atoms with Crippen LogP contribution >= 0.6 is 11.6 Å². The Hall–Kier alpha value is -0.281. The second-order valence-corrected chi connectivity index (χ2v) is 20.7. The van der Waals surface area contributed by atoms with Crippen LogP contribution in [0, 0.1) is 0 Å². The van der Waals surface area contributed by atoms with Gasteiger partial charge >= 0.3 is 158 Å². The van der Waals surface area contributed by atoms with Gasteiger partial charge in [0.2, 0.25) is 0 Å². The van der Waals surface area contributed by atoms with Crippen LogP contribution in [0.25, 0.3) is 10.8 Å². The van der Waals surface area contributed by atoms with Gasteiger partial charge in [-0.1, -0.05) is 0 Å². The van der Waals surface area contributed by atoms with Crippen LogP contribution in [0.15, 0.2) is 30.6 Å². The van der Waals surface area contributed by atoms with E-state index in [0.717, 1.165) is 5.02 Å². The molecule has 0 atom stereocenters. The fourth-order valence-electron chi connectivity index (χ4n) is 3.92. The van der Waals surface area contributed by atoms with E-state index < -0.39 is 18.4 Å². The van der Waals surface area contributed by atoms with Crippen molar-refractivity contribution in [1.82, 2.24) is 4.98 Å². The molecule has 1 aromatic heterocycles. The van der Waals surface area contributed by atoms with Crippen molar-refractivity contribution in [3.8, 4) is 0 Å². The molecule has 0 spiro atoms. The van der Waals surface area contributed by atoms with Crippen LogP contribution in [-0.4, -0.2) is 23.4 Å². The molecule has 132 valence electrons. The topological polar surface area (TPSA) is 12.9 Å². The van der Waals surface area contributed by atoms with Crippen molar-refractivity contribution in [2.45, 2.75) is 72.6 Å². The first kappa shape index (κ1) is 20.0. The molecular formula is C21H32ClNSn. The summed E-state index contributed by atoms with van der Waals surface area (Å²) in [5.41, 5.74) is 0. The van der Waals surface area contributed by atoms with Gasteiger partial charge < -0.3 is 0 Å². The Morgan fingerprint density at radius 3 is 2.00 bits per heavy atom. The number of nitrogens with zero attached hydrogens (tertiary/aromatic N) is 1. The predicted molar refractivity (Wildman–Crippen MR) is 111 cm³/mol. The third kappa shape index (κ3) is 4.66. The van der Waals surface area contributed by atoms with E-state index in [1.807, 2.05) is 6.20 Å². The van der Waals surface area contributed by atoms with E-state index in [0.29, 0.717) is 0 Å². The van der Waals surface area contributed by atoms with Crippen molar-refractivity contribution in [1.29, 1.82) is 0 Å². The molecule has 2 aromatic rings. The van der Waals surface area contributed by atoms with Gasteiger partial charge in [0.25, 0.3) is 0 Å². The van der Waals surface area contributed by atoms with Gasteiger partial charge in [0.05, 0.1) is 0 Å². The quantitative estimate of drug-likeness (QED) is 0.356. The number of rotatable bonds is 10. The zero-order valence-electron chi connectivity index (χ0n) is 15.6. The van der Waals surface area contributed by atoms with Gasteiger partial charge in [-0.3, -0.25) is 0 Å². The van der Waals surface area contributed by atoms with Gasteiger partial charge in [-0.2, -0.15) is 0 Å². The molecule has 0 saturated carbocycles. The summed E-state index contributed by atoms with van der Waals surface area (Å²) in [7, 11) is 0. The summed E-state index contributed by atoms with van der Waals surface area (Å²) in [6.07, 6.45) is 12.2. The van der Waals surface area contributed by atoms with Crippen LogP contribution in [0.5, 0.6) is 0 Å². The summed E-state index contributed by atoms with van der Waals surface area (Å²) in [6, 6.07) is 6.29. The number of halogens is 1. The number of aromatic nitrogens is 1. The Balaban J connectivity index is 2.59. The molecule has 0 unspecified atom stereocenters. The molecule has 0 aliphatic carbocycles. The molecule has 3 heteroatoms. The first-order valence-electron chi connectivity index (χ1n) is 9.71. The number of hydrogen-bond donors (Lipinski definition) is 0. The molecule has 2 rings (SSSR count). The van der Waals surface area contributed by atoms with Gasteiger partial charge in [-0.25, -0.2) is 0 Å². The Morgan fingerprint density at radius 2 is 1.46 bits per heavy atom. The zero-order chi connectivity index (χ0) is 17.4. The van der Waals surface area contributed by atoms with Gasteiger partial charge in [-0.05, 0) is 0 Å². The van der Waals surface area contributed by atoms with Crippen molar-refractivity contribution < 1.29 is 0 Å². The number of unbranched alkanes of at least 4 members (excludes halogenated alkanes) is 3. The monoisotopic (exact) mass is 453 g/mol. The van der Waals surface area contributed by atoms with Crippen LogP contribution in [0.4, 0.5) is 0 Å². The van der Waals surface area contributed by atoms with Crippen LogP contribution < -0.4 is 3.58 Å². The number of hydrogen-bond acceptors (Lipinski definition) is 1. The first-order chi connectivity index (χ1) is 11.7. The Morgan fingerprint density at radius 1 is 0.875 bits per heavy atom. The molecular weight excluding hydrogens is 420 g/mol. The number of fused-ring (bicyclic) bond motifs is 1. The third-order valence-electron chi connectivity index (χ3n) is 5.33. The van der Waals surface area contributed by atoms with E-state index in [4.69, 9.17) is 11.6 Å². The third-order valence-corrected chi connectivity index (χ3v) is 21.2. The molecule has 1 nitrogen and oxygen atoms in total. The molecule has 0 radical (unpaired) electrons. The van der Waals surface area contributed by atoms with Crippen molar-refractivity contribution in [2.24, 2.45) is 0 Å². The van der Waals surface area contributed by atoms with Crippen LogP contribution in [0.2, 0.25) is 18.3 Å². The van der Waals surface area contributed by atoms with E-state index in [1.165, 1.54) is 62.6 Å². The summed E-state index contributed by atoms with van der Waals surface area (Å²) < 4.78 is 5.97. The SMILES string of the molecule is CCC[CH2][Sn]([CH2]CCC)([CH2]CCC)[c]1cncc2cccc(Cl)c12. The Labute approximate surface area is 157 Å². The molecule has 1 aromatic carbocycles. The summed E-state index contributed by atoms with van der Waals surface area (Å²) in [4.78, 5) is 4.64. The molecule has 0 bridgehead atoms. The predicted octanol–water partition coefficient (Wildman–Crippen LogP) is 6.94. The number of benzene rings is 1. The van der Waals surface area contributed by atoms with Crippen LogP contribution in [0.1, 0.15) is 59.3 Å². The minimum atomic E-state index is -2.50. The maximum atomic E-state index is 6.68. The molecule has 1 heterocycles. The molecule has 0 amide bonds. The fraction of sp³-hybridized carbons (Fsp3) is 0.571. The second kappa shape index (κ2) is 10.0. The van der Waals surface area contributed by atoms with Crippen LogP contribution in [-0.2, 0) is 0 Å². The van der Waals surface area contributed by atoms with E-state index in [9.17, 15) is 0 Å². The average molecular weight is 453 g/mol. The van der Waals surface area contributed by atoms with E-state index in [-0.39, 0.29) is 0 Å². The molecule has 0 aliphatic heterocycles. The summed E-state index contributed by atoms with van der Waals surface area (Å²) in [5.74, 6) is 0. The maximum absolute atomic E-state index is 6.68. The normalized spacial score (nSPS) is 12.0. The van der Waals surface area contributed by atoms with E-state index >= 15 is 0 Å². The number of pyridine rings is 1. The molecule has 0 fully saturated rings. The van der Waals surface area contributed by atoms with Crippen molar-refractivity contribution >= 4 is 44.3 Å². The Bertz CT molecular complexity index is 614. The average Bonchev–Trinajstić information content (AvgIpc) is 2.61. The van der Waals surface area contributed by atoms with Gasteiger partial charge in [0, 0.05) is 0 Å². The fourth-order valence-corrected chi connectivity index (χ4v) is 21.0. The van der Waals surface area contributed by atoms with Crippen molar-refractivity contribution in [3.05, 3.63) is 35.6 Å². The minimum absolute atomic E-state index is 0.926. The molecule has 24 heavy (non-hydrogen) atoms. The molecule has 0 aliphatic rings. The summed E-state index contributed by atoms with van der Waals surface area (Å²) >= 11 is 4.18. The first-order valence-corrected chi connectivity index (χ1v) is 17.6. The van der Waals surface area contributed by atoms with Gasteiger partial charge in [-0.15, -0.1) is 0 Å². The zero-order valence-corrected chi connectivity index (χ0v) is 19.2. The molecule has 0 N–H and O–H groups in total. The van der Waals surface area contributed by atoms with E-state index in [2.05, 4.69) is 50.2 Å². The van der Waals surface area contributed by atoms with Crippen LogP contribution in [0.3, 0.4) is 0 Å². The van der Waals surface area contributed by atoms with E-state index in [1.54, 1.807) is 3.58 Å². The molecule has 0 saturated heterocycles. The summed E-state index contributed by atoms with van der Waals surface area (Å²) in [5, 5.41) is 3.48. The van der Waals surface area contributed by atoms with Crippen molar-refractivity contribution in [3.63, 3.8) is 0 Å². The standard InChI is InChI=1S/C9H5ClN.3C4H9.Sn/c10-9-3-1-2-7-6-11-5-4-8(7)9;3*1-3-4-2;/h1-3,5-6H;3*1,3-4H2,2H3;. The van der Waals surface area contributed by atoms with Gasteiger partial charge in [0.15, 0.2) is 0 Å². The summed E-state index contributed by atoms with van der Waals surface area (Å²) in [6.45, 7) is 6.97. The van der Waals surface area contributed by atoms with Crippen molar-refractivity contribution in [2.75, 3.05) is 0 Å².